The van der Waals surface area contributed by atoms with Crippen LogP contribution in [0.15, 0.2) is 35.8 Å². The van der Waals surface area contributed by atoms with Gasteiger partial charge in [0.2, 0.25) is 0 Å². The Kier molecular flexibility index (Phi) is 3.11. The zero-order valence-electron chi connectivity index (χ0n) is 8.18. The molecule has 0 aromatic carbocycles. The van der Waals surface area contributed by atoms with Crippen molar-refractivity contribution in [2.24, 2.45) is 0 Å². The number of hydrogen-bond acceptors (Lipinski definition) is 3. The van der Waals surface area contributed by atoms with Crippen molar-refractivity contribution < 1.29 is 0 Å². The van der Waals surface area contributed by atoms with Crippen molar-refractivity contribution in [3.63, 3.8) is 0 Å². The van der Waals surface area contributed by atoms with Crippen molar-refractivity contribution in [3.8, 4) is 6.07 Å². The lowest BCUT2D eigenvalue weighted by Crippen LogP contribution is -1.85. The Balaban J connectivity index is 2.22. The van der Waals surface area contributed by atoms with E-state index in [1.54, 1.807) is 11.3 Å². The molecule has 0 aliphatic heterocycles. The smallest absolute Gasteiger partial charge is 0.107 e. The average molecular weight is 214 g/mol. The van der Waals surface area contributed by atoms with Crippen LogP contribution in [0.4, 0.5) is 0 Å². The summed E-state index contributed by atoms with van der Waals surface area (Å²) in [5.74, 6) is 0. The molecule has 0 saturated carbocycles. The van der Waals surface area contributed by atoms with E-state index in [1.165, 1.54) is 5.57 Å². The van der Waals surface area contributed by atoms with Crippen molar-refractivity contribution in [2.45, 2.75) is 12.8 Å². The number of rotatable bonds is 2. The molecule has 0 spiro atoms. The molecule has 1 aromatic heterocycles. The molecule has 0 N–H and O–H groups in total. The highest BCUT2D eigenvalue weighted by molar-refractivity contribution is 7.09. The Hall–Kier alpha value is -1.66. The zero-order valence-corrected chi connectivity index (χ0v) is 9.00. The molecular weight excluding hydrogens is 204 g/mol. The Labute approximate surface area is 92.9 Å². The van der Waals surface area contributed by atoms with Gasteiger partial charge in [0.05, 0.1) is 18.2 Å². The van der Waals surface area contributed by atoms with Crippen LogP contribution in [0, 0.1) is 11.3 Å². The summed E-state index contributed by atoms with van der Waals surface area (Å²) >= 11 is 1.55. The molecule has 15 heavy (non-hydrogen) atoms. The number of hydrogen-bond donors (Lipinski definition) is 0. The fraction of sp³-hybridized carbons (Fsp3) is 0.167. The summed E-state index contributed by atoms with van der Waals surface area (Å²) in [6.45, 7) is 0. The van der Waals surface area contributed by atoms with Crippen LogP contribution in [-0.4, -0.2) is 4.98 Å². The van der Waals surface area contributed by atoms with E-state index >= 15 is 0 Å². The first kappa shape index (κ1) is 9.88. The van der Waals surface area contributed by atoms with E-state index in [2.05, 4.69) is 23.2 Å². The Morgan fingerprint density at radius 3 is 3.20 bits per heavy atom. The van der Waals surface area contributed by atoms with Gasteiger partial charge in [-0.05, 0) is 12.0 Å². The first-order valence-electron chi connectivity index (χ1n) is 4.74. The van der Waals surface area contributed by atoms with E-state index in [9.17, 15) is 0 Å². The standard InChI is InChI=1S/C12H10N2S/c13-8-7-12-14-11(9-15-12)10-5-3-1-2-4-6-10/h1-5,9H,6-7H2. The first-order valence-corrected chi connectivity index (χ1v) is 5.62. The third kappa shape index (κ3) is 2.42. The van der Waals surface area contributed by atoms with Gasteiger partial charge in [-0.25, -0.2) is 4.98 Å². The lowest BCUT2D eigenvalue weighted by atomic mass is 10.1. The molecule has 0 amide bonds. The van der Waals surface area contributed by atoms with Crippen molar-refractivity contribution in [1.29, 1.82) is 5.26 Å². The molecule has 0 fully saturated rings. The van der Waals surface area contributed by atoms with Gasteiger partial charge in [0.15, 0.2) is 0 Å². The molecule has 1 aliphatic carbocycles. The molecule has 0 bridgehead atoms. The maximum absolute atomic E-state index is 8.56. The summed E-state index contributed by atoms with van der Waals surface area (Å²) in [6, 6.07) is 2.11. The Morgan fingerprint density at radius 2 is 2.33 bits per heavy atom. The molecule has 74 valence electrons. The van der Waals surface area contributed by atoms with E-state index in [4.69, 9.17) is 5.26 Å². The zero-order chi connectivity index (χ0) is 10.5. The second-order valence-corrected chi connectivity index (χ2v) is 4.11. The average Bonchev–Trinajstić information content (AvgIpc) is 2.53. The summed E-state index contributed by atoms with van der Waals surface area (Å²) in [7, 11) is 0. The molecule has 0 unspecified atom stereocenters. The molecular formula is C12H10N2S. The second-order valence-electron chi connectivity index (χ2n) is 3.17. The van der Waals surface area contributed by atoms with Crippen LogP contribution >= 0.6 is 11.3 Å². The van der Waals surface area contributed by atoms with E-state index in [0.29, 0.717) is 6.42 Å². The molecule has 2 rings (SSSR count). The summed E-state index contributed by atoms with van der Waals surface area (Å²) in [5.41, 5.74) is 2.21. The summed E-state index contributed by atoms with van der Waals surface area (Å²) in [4.78, 5) is 4.43. The van der Waals surface area contributed by atoms with Crippen molar-refractivity contribution in [3.05, 3.63) is 46.5 Å². The van der Waals surface area contributed by atoms with Crippen LogP contribution in [0.3, 0.4) is 0 Å². The Bertz CT molecular complexity index is 472. The number of thiazole rings is 1. The maximum atomic E-state index is 8.56. The minimum Gasteiger partial charge on any atom is -0.240 e. The predicted molar refractivity (Wildman–Crippen MR) is 62.3 cm³/mol. The number of aromatic nitrogens is 1. The second kappa shape index (κ2) is 4.72. The SMILES string of the molecule is N#CCc1nc(C2=CC=CC=CC2)cs1. The van der Waals surface area contributed by atoms with Gasteiger partial charge in [0.1, 0.15) is 5.01 Å². The van der Waals surface area contributed by atoms with E-state index < -0.39 is 0 Å². The van der Waals surface area contributed by atoms with Crippen molar-refractivity contribution in [1.82, 2.24) is 4.98 Å². The first-order chi connectivity index (χ1) is 7.40. The van der Waals surface area contributed by atoms with Crippen LogP contribution in [0.2, 0.25) is 0 Å². The topological polar surface area (TPSA) is 36.7 Å². The van der Waals surface area contributed by atoms with Gasteiger partial charge in [-0.2, -0.15) is 5.26 Å². The monoisotopic (exact) mass is 214 g/mol. The minimum atomic E-state index is 0.406. The van der Waals surface area contributed by atoms with Gasteiger partial charge >= 0.3 is 0 Å². The van der Waals surface area contributed by atoms with E-state index in [1.807, 2.05) is 23.6 Å². The molecule has 3 heteroatoms. The van der Waals surface area contributed by atoms with Crippen LogP contribution in [0.25, 0.3) is 5.57 Å². The van der Waals surface area contributed by atoms with Crippen LogP contribution in [0.5, 0.6) is 0 Å². The molecule has 0 radical (unpaired) electrons. The molecule has 1 aliphatic rings. The third-order valence-electron chi connectivity index (χ3n) is 2.10. The fourth-order valence-electron chi connectivity index (χ4n) is 1.37. The fourth-order valence-corrected chi connectivity index (χ4v) is 2.13. The van der Waals surface area contributed by atoms with Gasteiger partial charge in [0, 0.05) is 5.38 Å². The highest BCUT2D eigenvalue weighted by atomic mass is 32.1. The molecule has 0 atom stereocenters. The van der Waals surface area contributed by atoms with Gasteiger partial charge in [-0.15, -0.1) is 11.3 Å². The van der Waals surface area contributed by atoms with Crippen molar-refractivity contribution >= 4 is 16.9 Å². The van der Waals surface area contributed by atoms with E-state index in [0.717, 1.165) is 17.1 Å². The normalized spacial score (nSPS) is 14.5. The van der Waals surface area contributed by atoms with E-state index in [-0.39, 0.29) is 0 Å². The quantitative estimate of drug-likeness (QED) is 0.758. The van der Waals surface area contributed by atoms with Crippen molar-refractivity contribution in [2.75, 3.05) is 0 Å². The molecule has 2 nitrogen and oxygen atoms in total. The lowest BCUT2D eigenvalue weighted by Gasteiger charge is -1.97. The largest absolute Gasteiger partial charge is 0.240 e. The third-order valence-corrected chi connectivity index (χ3v) is 2.95. The van der Waals surface area contributed by atoms with Gasteiger partial charge in [-0.3, -0.25) is 0 Å². The number of nitriles is 1. The van der Waals surface area contributed by atoms with Gasteiger partial charge in [-0.1, -0.05) is 30.4 Å². The maximum Gasteiger partial charge on any atom is 0.107 e. The summed E-state index contributed by atoms with van der Waals surface area (Å²) in [6.07, 6.45) is 11.6. The predicted octanol–water partition coefficient (Wildman–Crippen LogP) is 3.11. The molecule has 0 saturated heterocycles. The van der Waals surface area contributed by atoms with Gasteiger partial charge < -0.3 is 0 Å². The van der Waals surface area contributed by atoms with Crippen LogP contribution in [-0.2, 0) is 6.42 Å². The highest BCUT2D eigenvalue weighted by Gasteiger charge is 2.05. The lowest BCUT2D eigenvalue weighted by molar-refractivity contribution is 1.16. The minimum absolute atomic E-state index is 0.406. The Morgan fingerprint density at radius 1 is 1.40 bits per heavy atom. The van der Waals surface area contributed by atoms with Crippen LogP contribution < -0.4 is 0 Å². The summed E-state index contributed by atoms with van der Waals surface area (Å²) < 4.78 is 0. The van der Waals surface area contributed by atoms with Gasteiger partial charge in [0.25, 0.3) is 0 Å². The highest BCUT2D eigenvalue weighted by Crippen LogP contribution is 2.22. The summed E-state index contributed by atoms with van der Waals surface area (Å²) in [5, 5.41) is 11.5. The number of nitrogens with zero attached hydrogens (tertiary/aromatic N) is 2. The molecule has 1 aromatic rings. The van der Waals surface area contributed by atoms with Crippen LogP contribution in [0.1, 0.15) is 17.1 Å². The number of allylic oxidation sites excluding steroid dienone is 6. The molecule has 1 heterocycles.